The number of ether oxygens (including phenoxy) is 1. The molecule has 1 aliphatic rings. The number of methoxy groups -OCH3 is 1. The number of benzene rings is 2. The molecule has 3 rings (SSSR count). The van der Waals surface area contributed by atoms with E-state index in [1.165, 1.54) is 7.11 Å². The van der Waals surface area contributed by atoms with Crippen molar-refractivity contribution in [2.24, 2.45) is 0 Å². The van der Waals surface area contributed by atoms with Crippen molar-refractivity contribution in [3.05, 3.63) is 58.6 Å². The first-order valence-electron chi connectivity index (χ1n) is 9.19. The Labute approximate surface area is 174 Å². The lowest BCUT2D eigenvalue weighted by atomic mass is 10.1. The Balaban J connectivity index is 1.89. The molecule has 1 fully saturated rings. The zero-order chi connectivity index (χ0) is 21.0. The third-order valence-electron chi connectivity index (χ3n) is 4.82. The molecule has 152 valence electrons. The van der Waals surface area contributed by atoms with E-state index in [0.717, 1.165) is 5.69 Å². The van der Waals surface area contributed by atoms with E-state index >= 15 is 0 Å². The Bertz CT molecular complexity index is 939. The molecule has 2 aromatic carbocycles. The minimum absolute atomic E-state index is 0.0418. The van der Waals surface area contributed by atoms with E-state index in [2.05, 4.69) is 10.2 Å². The lowest BCUT2D eigenvalue weighted by Gasteiger charge is -2.36. The molecule has 1 saturated heterocycles. The summed E-state index contributed by atoms with van der Waals surface area (Å²) >= 11 is 5.99. The molecule has 0 radical (unpaired) electrons. The van der Waals surface area contributed by atoms with Gasteiger partial charge >= 0.3 is 5.97 Å². The zero-order valence-corrected chi connectivity index (χ0v) is 17.0. The molecule has 2 amide bonds. The molecule has 0 atom stereocenters. The Kier molecular flexibility index (Phi) is 6.39. The maximum absolute atomic E-state index is 12.7. The van der Waals surface area contributed by atoms with Crippen LogP contribution in [0.25, 0.3) is 0 Å². The highest BCUT2D eigenvalue weighted by molar-refractivity contribution is 6.31. The average molecular weight is 416 g/mol. The quantitative estimate of drug-likeness (QED) is 0.776. The number of halogens is 1. The van der Waals surface area contributed by atoms with Crippen LogP contribution in [0.2, 0.25) is 5.02 Å². The zero-order valence-electron chi connectivity index (χ0n) is 16.3. The summed E-state index contributed by atoms with van der Waals surface area (Å²) in [5, 5.41) is 3.34. The second-order valence-corrected chi connectivity index (χ2v) is 7.12. The van der Waals surface area contributed by atoms with Gasteiger partial charge in [0.2, 0.25) is 5.91 Å². The van der Waals surface area contributed by atoms with E-state index in [1.54, 1.807) is 54.3 Å². The van der Waals surface area contributed by atoms with Crippen LogP contribution in [0.4, 0.5) is 11.4 Å². The van der Waals surface area contributed by atoms with Crippen molar-refractivity contribution >= 4 is 40.8 Å². The number of anilines is 2. The fraction of sp³-hybridized carbons (Fsp3) is 0.286. The Morgan fingerprint density at radius 1 is 1.00 bits per heavy atom. The molecule has 7 nitrogen and oxygen atoms in total. The fourth-order valence-corrected chi connectivity index (χ4v) is 3.43. The summed E-state index contributed by atoms with van der Waals surface area (Å²) in [6.45, 7) is 3.98. The number of carbonyl (C=O) groups excluding carboxylic acids is 3. The SMILES string of the molecule is COC(=O)c1ccc(N2CCN(C(C)=O)CC2)c(NC(=O)c2cccc(Cl)c2)c1. The number of amides is 2. The van der Waals surface area contributed by atoms with Crippen LogP contribution in [0.5, 0.6) is 0 Å². The van der Waals surface area contributed by atoms with Gasteiger partial charge in [0.05, 0.1) is 24.0 Å². The average Bonchev–Trinajstić information content (AvgIpc) is 2.73. The van der Waals surface area contributed by atoms with Gasteiger partial charge in [-0.3, -0.25) is 9.59 Å². The van der Waals surface area contributed by atoms with Crippen LogP contribution in [0.15, 0.2) is 42.5 Å². The molecular weight excluding hydrogens is 394 g/mol. The molecule has 2 aromatic rings. The molecule has 0 unspecified atom stereocenters. The van der Waals surface area contributed by atoms with Gasteiger partial charge in [0, 0.05) is 43.7 Å². The predicted molar refractivity (Wildman–Crippen MR) is 112 cm³/mol. The van der Waals surface area contributed by atoms with Crippen LogP contribution < -0.4 is 10.2 Å². The number of hydrogen-bond acceptors (Lipinski definition) is 5. The van der Waals surface area contributed by atoms with Crippen molar-refractivity contribution in [1.29, 1.82) is 0 Å². The molecule has 8 heteroatoms. The lowest BCUT2D eigenvalue weighted by Crippen LogP contribution is -2.48. The van der Waals surface area contributed by atoms with Crippen LogP contribution in [0, 0.1) is 0 Å². The van der Waals surface area contributed by atoms with Crippen LogP contribution in [0.3, 0.4) is 0 Å². The largest absolute Gasteiger partial charge is 0.465 e. The molecule has 29 heavy (non-hydrogen) atoms. The second kappa shape index (κ2) is 8.96. The molecule has 0 aromatic heterocycles. The van der Waals surface area contributed by atoms with Crippen molar-refractivity contribution in [3.8, 4) is 0 Å². The van der Waals surface area contributed by atoms with E-state index in [9.17, 15) is 14.4 Å². The first-order valence-corrected chi connectivity index (χ1v) is 9.56. The maximum atomic E-state index is 12.7. The summed E-state index contributed by atoms with van der Waals surface area (Å²) in [5.74, 6) is -0.783. The maximum Gasteiger partial charge on any atom is 0.337 e. The molecule has 0 aliphatic carbocycles. The molecule has 0 spiro atoms. The third kappa shape index (κ3) is 4.86. The fourth-order valence-electron chi connectivity index (χ4n) is 3.24. The van der Waals surface area contributed by atoms with Gasteiger partial charge in [-0.2, -0.15) is 0 Å². The number of piperazine rings is 1. The third-order valence-corrected chi connectivity index (χ3v) is 5.05. The number of esters is 1. The highest BCUT2D eigenvalue weighted by Gasteiger charge is 2.22. The number of carbonyl (C=O) groups is 3. The Hall–Kier alpha value is -3.06. The summed E-state index contributed by atoms with van der Waals surface area (Å²) in [5.41, 5.74) is 2.01. The summed E-state index contributed by atoms with van der Waals surface area (Å²) in [6.07, 6.45) is 0. The summed E-state index contributed by atoms with van der Waals surface area (Å²) in [6, 6.07) is 11.7. The molecule has 1 N–H and O–H groups in total. The highest BCUT2D eigenvalue weighted by Crippen LogP contribution is 2.29. The van der Waals surface area contributed by atoms with Gasteiger partial charge in [-0.05, 0) is 36.4 Å². The minimum Gasteiger partial charge on any atom is -0.465 e. The molecule has 1 aliphatic heterocycles. The minimum atomic E-state index is -0.490. The van der Waals surface area contributed by atoms with Gasteiger partial charge < -0.3 is 19.9 Å². The molecule has 1 heterocycles. The lowest BCUT2D eigenvalue weighted by molar-refractivity contribution is -0.129. The Morgan fingerprint density at radius 2 is 1.72 bits per heavy atom. The van der Waals surface area contributed by atoms with Crippen LogP contribution in [0.1, 0.15) is 27.6 Å². The van der Waals surface area contributed by atoms with E-state index in [4.69, 9.17) is 16.3 Å². The van der Waals surface area contributed by atoms with Gasteiger partial charge in [-0.15, -0.1) is 0 Å². The summed E-state index contributed by atoms with van der Waals surface area (Å²) in [7, 11) is 1.31. The van der Waals surface area contributed by atoms with Gasteiger partial charge in [-0.25, -0.2) is 4.79 Å². The highest BCUT2D eigenvalue weighted by atomic mass is 35.5. The van der Waals surface area contributed by atoms with E-state index in [1.807, 2.05) is 0 Å². The van der Waals surface area contributed by atoms with Crippen molar-refractivity contribution in [2.45, 2.75) is 6.92 Å². The summed E-state index contributed by atoms with van der Waals surface area (Å²) in [4.78, 5) is 40.1. The first kappa shape index (κ1) is 20.7. The topological polar surface area (TPSA) is 79.0 Å². The van der Waals surface area contributed by atoms with Crippen molar-refractivity contribution in [2.75, 3.05) is 43.5 Å². The number of hydrogen-bond donors (Lipinski definition) is 1. The van der Waals surface area contributed by atoms with Gasteiger partial charge in [0.25, 0.3) is 5.91 Å². The molecular formula is C21H22ClN3O4. The number of rotatable bonds is 4. The monoisotopic (exact) mass is 415 g/mol. The van der Waals surface area contributed by atoms with E-state index < -0.39 is 5.97 Å². The van der Waals surface area contributed by atoms with Crippen molar-refractivity contribution in [3.63, 3.8) is 0 Å². The number of nitrogens with zero attached hydrogens (tertiary/aromatic N) is 2. The van der Waals surface area contributed by atoms with Gasteiger partial charge in [0.1, 0.15) is 0 Å². The second-order valence-electron chi connectivity index (χ2n) is 6.68. The normalized spacial score (nSPS) is 13.8. The van der Waals surface area contributed by atoms with Gasteiger partial charge in [-0.1, -0.05) is 17.7 Å². The Morgan fingerprint density at radius 3 is 2.34 bits per heavy atom. The molecule has 0 saturated carbocycles. The number of nitrogens with one attached hydrogen (secondary N) is 1. The van der Waals surface area contributed by atoms with Crippen LogP contribution >= 0.6 is 11.6 Å². The van der Waals surface area contributed by atoms with E-state index in [0.29, 0.717) is 48.0 Å². The van der Waals surface area contributed by atoms with E-state index in [-0.39, 0.29) is 11.8 Å². The summed E-state index contributed by atoms with van der Waals surface area (Å²) < 4.78 is 4.80. The van der Waals surface area contributed by atoms with Crippen molar-refractivity contribution < 1.29 is 19.1 Å². The standard InChI is InChI=1S/C21H22ClN3O4/c1-14(26)24-8-10-25(11-9-24)19-7-6-16(21(28)29-2)13-18(19)23-20(27)15-4-3-5-17(22)12-15/h3-7,12-13H,8-11H2,1-2H3,(H,23,27). The smallest absolute Gasteiger partial charge is 0.337 e. The van der Waals surface area contributed by atoms with Gasteiger partial charge in [0.15, 0.2) is 0 Å². The van der Waals surface area contributed by atoms with Crippen molar-refractivity contribution in [1.82, 2.24) is 4.90 Å². The molecule has 0 bridgehead atoms. The van der Waals surface area contributed by atoms with Crippen LogP contribution in [-0.2, 0) is 9.53 Å². The first-order chi connectivity index (χ1) is 13.9. The predicted octanol–water partition coefficient (Wildman–Crippen LogP) is 3.05. The van der Waals surface area contributed by atoms with Crippen LogP contribution in [-0.4, -0.2) is 56.0 Å².